The number of halogens is 3. The van der Waals surface area contributed by atoms with Gasteiger partial charge in [-0.15, -0.1) is 0 Å². The fraction of sp³-hybridized carbons (Fsp3) is 0.600. The van der Waals surface area contributed by atoms with Crippen molar-refractivity contribution in [3.8, 4) is 0 Å². The van der Waals surface area contributed by atoms with Gasteiger partial charge in [0.1, 0.15) is 11.6 Å². The van der Waals surface area contributed by atoms with E-state index in [1.807, 2.05) is 0 Å². The molecule has 1 aromatic carbocycles. The van der Waals surface area contributed by atoms with E-state index in [-0.39, 0.29) is 12.0 Å². The highest BCUT2D eigenvalue weighted by Crippen LogP contribution is 2.36. The molecule has 0 bridgehead atoms. The molecular formula is C15H20BrF2N. The first-order chi connectivity index (χ1) is 8.95. The van der Waals surface area contributed by atoms with Gasteiger partial charge in [-0.05, 0) is 53.2 Å². The van der Waals surface area contributed by atoms with Crippen molar-refractivity contribution in [3.63, 3.8) is 0 Å². The Balaban J connectivity index is 2.23. The zero-order chi connectivity index (χ0) is 14.0. The number of rotatable bonds is 3. The van der Waals surface area contributed by atoms with Crippen LogP contribution in [0.2, 0.25) is 0 Å². The van der Waals surface area contributed by atoms with Crippen LogP contribution >= 0.6 is 15.9 Å². The van der Waals surface area contributed by atoms with Crippen LogP contribution < -0.4 is 5.73 Å². The lowest BCUT2D eigenvalue weighted by Crippen LogP contribution is -2.46. The van der Waals surface area contributed by atoms with Crippen LogP contribution in [0.1, 0.15) is 44.6 Å². The molecule has 106 valence electrons. The predicted molar refractivity (Wildman–Crippen MR) is 76.9 cm³/mol. The third kappa shape index (κ3) is 3.34. The van der Waals surface area contributed by atoms with E-state index in [9.17, 15) is 8.78 Å². The molecular weight excluding hydrogens is 312 g/mol. The van der Waals surface area contributed by atoms with Crippen LogP contribution in [0.4, 0.5) is 8.78 Å². The van der Waals surface area contributed by atoms with Gasteiger partial charge in [-0.1, -0.05) is 26.2 Å². The Labute approximate surface area is 121 Å². The van der Waals surface area contributed by atoms with Crippen LogP contribution in [0, 0.1) is 17.6 Å². The van der Waals surface area contributed by atoms with Gasteiger partial charge in [-0.3, -0.25) is 0 Å². The Bertz CT molecular complexity index is 464. The summed E-state index contributed by atoms with van der Waals surface area (Å²) in [6.45, 7) is 2.15. The van der Waals surface area contributed by atoms with Crippen molar-refractivity contribution in [2.24, 2.45) is 11.7 Å². The van der Waals surface area contributed by atoms with Crippen LogP contribution in [0.25, 0.3) is 0 Å². The molecule has 1 saturated carbocycles. The van der Waals surface area contributed by atoms with Crippen molar-refractivity contribution in [2.45, 2.75) is 51.0 Å². The lowest BCUT2D eigenvalue weighted by molar-refractivity contribution is 0.215. The van der Waals surface area contributed by atoms with Crippen molar-refractivity contribution in [3.05, 3.63) is 33.8 Å². The summed E-state index contributed by atoms with van der Waals surface area (Å²) >= 11 is 3.11. The van der Waals surface area contributed by atoms with Crippen LogP contribution in [0.3, 0.4) is 0 Å². The van der Waals surface area contributed by atoms with Crippen LogP contribution in [0.15, 0.2) is 16.6 Å². The number of hydrogen-bond donors (Lipinski definition) is 1. The molecule has 2 N–H and O–H groups in total. The van der Waals surface area contributed by atoms with Gasteiger partial charge in [0.05, 0.1) is 4.47 Å². The summed E-state index contributed by atoms with van der Waals surface area (Å²) in [7, 11) is 0. The molecule has 1 nitrogen and oxygen atoms in total. The summed E-state index contributed by atoms with van der Waals surface area (Å²) in [6, 6.07) is 2.69. The molecule has 2 unspecified atom stereocenters. The van der Waals surface area contributed by atoms with E-state index >= 15 is 0 Å². The Kier molecular flexibility index (Phi) is 4.62. The molecule has 2 atom stereocenters. The summed E-state index contributed by atoms with van der Waals surface area (Å²) in [5.41, 5.74) is 6.04. The van der Waals surface area contributed by atoms with Gasteiger partial charge < -0.3 is 5.73 Å². The SMILES string of the molecule is CCC1CCCC(N)(Cc2c(F)ccc(Br)c2F)C1. The smallest absolute Gasteiger partial charge is 0.143 e. The second-order valence-electron chi connectivity index (χ2n) is 5.73. The molecule has 1 aliphatic rings. The van der Waals surface area contributed by atoms with E-state index in [1.54, 1.807) is 0 Å². The molecule has 19 heavy (non-hydrogen) atoms. The van der Waals surface area contributed by atoms with E-state index in [2.05, 4.69) is 22.9 Å². The highest BCUT2D eigenvalue weighted by Gasteiger charge is 2.34. The van der Waals surface area contributed by atoms with E-state index in [0.717, 1.165) is 25.7 Å². The monoisotopic (exact) mass is 331 g/mol. The zero-order valence-corrected chi connectivity index (χ0v) is 12.8. The lowest BCUT2D eigenvalue weighted by Gasteiger charge is -2.38. The lowest BCUT2D eigenvalue weighted by atomic mass is 9.72. The van der Waals surface area contributed by atoms with Crippen LogP contribution in [-0.2, 0) is 6.42 Å². The first-order valence-corrected chi connectivity index (χ1v) is 7.66. The fourth-order valence-electron chi connectivity index (χ4n) is 3.11. The molecule has 0 radical (unpaired) electrons. The maximum Gasteiger partial charge on any atom is 0.143 e. The quantitative estimate of drug-likeness (QED) is 0.807. The molecule has 2 rings (SSSR count). The maximum absolute atomic E-state index is 14.0. The molecule has 0 aromatic heterocycles. The Morgan fingerprint density at radius 3 is 2.84 bits per heavy atom. The van der Waals surface area contributed by atoms with Crippen molar-refractivity contribution < 1.29 is 8.78 Å². The highest BCUT2D eigenvalue weighted by molar-refractivity contribution is 9.10. The first-order valence-electron chi connectivity index (χ1n) is 6.86. The van der Waals surface area contributed by atoms with Gasteiger partial charge >= 0.3 is 0 Å². The average Bonchev–Trinajstić information content (AvgIpc) is 2.39. The third-order valence-electron chi connectivity index (χ3n) is 4.23. The first kappa shape index (κ1) is 14.9. The van der Waals surface area contributed by atoms with Gasteiger partial charge in [0.2, 0.25) is 0 Å². The third-order valence-corrected chi connectivity index (χ3v) is 4.84. The number of benzene rings is 1. The summed E-state index contributed by atoms with van der Waals surface area (Å²) in [6.07, 6.45) is 5.29. The largest absolute Gasteiger partial charge is 0.325 e. The van der Waals surface area contributed by atoms with E-state index < -0.39 is 17.2 Å². The van der Waals surface area contributed by atoms with Gasteiger partial charge in [0.25, 0.3) is 0 Å². The van der Waals surface area contributed by atoms with Gasteiger partial charge in [0.15, 0.2) is 0 Å². The minimum Gasteiger partial charge on any atom is -0.325 e. The summed E-state index contributed by atoms with van der Waals surface area (Å²) < 4.78 is 28.1. The highest BCUT2D eigenvalue weighted by atomic mass is 79.9. The Morgan fingerprint density at radius 1 is 1.42 bits per heavy atom. The fourth-order valence-corrected chi connectivity index (χ4v) is 3.49. The van der Waals surface area contributed by atoms with Crippen LogP contribution in [-0.4, -0.2) is 5.54 Å². The van der Waals surface area contributed by atoms with Crippen molar-refractivity contribution >= 4 is 15.9 Å². The van der Waals surface area contributed by atoms with Crippen molar-refractivity contribution in [1.29, 1.82) is 0 Å². The molecule has 1 aliphatic carbocycles. The minimum absolute atomic E-state index is 0.119. The maximum atomic E-state index is 14.0. The van der Waals surface area contributed by atoms with Gasteiger partial charge in [-0.2, -0.15) is 0 Å². The number of hydrogen-bond acceptors (Lipinski definition) is 1. The van der Waals surface area contributed by atoms with Gasteiger partial charge in [-0.25, -0.2) is 8.78 Å². The molecule has 1 aromatic rings. The second kappa shape index (κ2) is 5.88. The molecule has 4 heteroatoms. The summed E-state index contributed by atoms with van der Waals surface area (Å²) in [5, 5.41) is 0. The average molecular weight is 332 g/mol. The molecule has 0 saturated heterocycles. The zero-order valence-electron chi connectivity index (χ0n) is 11.2. The molecule has 1 fully saturated rings. The van der Waals surface area contributed by atoms with Crippen molar-refractivity contribution in [2.75, 3.05) is 0 Å². The van der Waals surface area contributed by atoms with E-state index in [1.165, 1.54) is 18.6 Å². The molecule has 0 amide bonds. The Morgan fingerprint density at radius 2 is 2.16 bits per heavy atom. The van der Waals surface area contributed by atoms with E-state index in [0.29, 0.717) is 10.4 Å². The second-order valence-corrected chi connectivity index (χ2v) is 6.59. The molecule has 0 heterocycles. The summed E-state index contributed by atoms with van der Waals surface area (Å²) in [4.78, 5) is 0. The molecule has 0 aliphatic heterocycles. The normalized spacial score (nSPS) is 27.5. The minimum atomic E-state index is -0.511. The van der Waals surface area contributed by atoms with E-state index in [4.69, 9.17) is 5.73 Å². The number of nitrogens with two attached hydrogens (primary N) is 1. The van der Waals surface area contributed by atoms with Crippen LogP contribution in [0.5, 0.6) is 0 Å². The standard InChI is InChI=1S/C15H20BrF2N/c1-2-10-4-3-7-15(19,8-10)9-11-13(17)6-5-12(16)14(11)18/h5-6,10H,2-4,7-9,19H2,1H3. The topological polar surface area (TPSA) is 26.0 Å². The Hall–Kier alpha value is -0.480. The molecule has 0 spiro atoms. The van der Waals surface area contributed by atoms with Gasteiger partial charge in [0, 0.05) is 11.1 Å². The van der Waals surface area contributed by atoms with Crippen molar-refractivity contribution in [1.82, 2.24) is 0 Å². The summed E-state index contributed by atoms with van der Waals surface area (Å²) in [5.74, 6) is -0.426. The predicted octanol–water partition coefficient (Wildman–Crippen LogP) is 4.57.